The number of hydrogen-bond donors (Lipinski definition) is 0. The molecule has 0 aliphatic rings. The lowest BCUT2D eigenvalue weighted by atomic mass is 10.4. The van der Waals surface area contributed by atoms with Crippen LogP contribution in [0.2, 0.25) is 0 Å². The Labute approximate surface area is 98.2 Å². The first kappa shape index (κ1) is 12.5. The number of hydrogen-bond acceptors (Lipinski definition) is 5. The molecule has 3 nitrogen and oxygen atoms in total. The summed E-state index contributed by atoms with van der Waals surface area (Å²) in [6, 6.07) is 0. The number of thiazole rings is 1. The molecule has 0 atom stereocenters. The van der Waals surface area contributed by atoms with Gasteiger partial charge in [0.25, 0.3) is 0 Å². The largest absolute Gasteiger partial charge is 0.464 e. The predicted octanol–water partition coefficient (Wildman–Crippen LogP) is 2.88. The normalized spacial score (nSPS) is 10.7. The molecule has 1 rings (SSSR count). The van der Waals surface area contributed by atoms with E-state index in [-0.39, 0.29) is 5.97 Å². The van der Waals surface area contributed by atoms with Gasteiger partial charge in [0, 0.05) is 10.6 Å². The van der Waals surface area contributed by atoms with E-state index >= 15 is 0 Å². The maximum atomic E-state index is 11.3. The fourth-order valence-corrected chi connectivity index (χ4v) is 2.73. The molecule has 15 heavy (non-hydrogen) atoms. The number of aryl methyl sites for hydroxylation is 1. The minimum Gasteiger partial charge on any atom is -0.464 e. The van der Waals surface area contributed by atoms with Crippen LogP contribution >= 0.6 is 23.1 Å². The fraction of sp³-hybridized carbons (Fsp3) is 0.600. The molecule has 0 spiro atoms. The summed E-state index contributed by atoms with van der Waals surface area (Å²) in [6.45, 7) is 6.19. The van der Waals surface area contributed by atoms with Gasteiger partial charge in [-0.2, -0.15) is 11.8 Å². The Hall–Kier alpha value is -0.550. The second-order valence-corrected chi connectivity index (χ2v) is 6.22. The van der Waals surface area contributed by atoms with Gasteiger partial charge in [0.05, 0.1) is 7.11 Å². The monoisotopic (exact) mass is 245 g/mol. The molecule has 0 bridgehead atoms. The van der Waals surface area contributed by atoms with Crippen molar-refractivity contribution < 1.29 is 9.53 Å². The molecule has 0 radical (unpaired) electrons. The van der Waals surface area contributed by atoms with Gasteiger partial charge in [0.1, 0.15) is 5.01 Å². The summed E-state index contributed by atoms with van der Waals surface area (Å²) in [5, 5.41) is 1.57. The standard InChI is InChI=1S/C10H15NO2S2/c1-6(2)14-5-8-11-9(7(3)15-8)10(12)13-4/h6H,5H2,1-4H3. The topological polar surface area (TPSA) is 39.2 Å². The average molecular weight is 245 g/mol. The molecule has 1 aromatic heterocycles. The van der Waals surface area contributed by atoms with Crippen LogP contribution in [0.5, 0.6) is 0 Å². The maximum Gasteiger partial charge on any atom is 0.357 e. The lowest BCUT2D eigenvalue weighted by molar-refractivity contribution is 0.0594. The van der Waals surface area contributed by atoms with Crippen molar-refractivity contribution in [3.05, 3.63) is 15.6 Å². The summed E-state index contributed by atoms with van der Waals surface area (Å²) in [5.74, 6) is 0.518. The van der Waals surface area contributed by atoms with E-state index in [1.54, 1.807) is 11.3 Å². The van der Waals surface area contributed by atoms with Gasteiger partial charge in [0.15, 0.2) is 5.69 Å². The quantitative estimate of drug-likeness (QED) is 0.765. The van der Waals surface area contributed by atoms with Crippen LogP contribution in [0, 0.1) is 6.92 Å². The van der Waals surface area contributed by atoms with Crippen LogP contribution in [0.1, 0.15) is 34.2 Å². The number of aromatic nitrogens is 1. The molecule has 0 fully saturated rings. The molecule has 1 heterocycles. The lowest BCUT2D eigenvalue weighted by Gasteiger charge is -2.00. The Morgan fingerprint density at radius 3 is 2.80 bits per heavy atom. The van der Waals surface area contributed by atoms with Crippen molar-refractivity contribution in [1.82, 2.24) is 4.98 Å². The Morgan fingerprint density at radius 2 is 2.27 bits per heavy atom. The van der Waals surface area contributed by atoms with E-state index in [0.29, 0.717) is 10.9 Å². The Bertz CT molecular complexity index is 347. The molecule has 5 heteroatoms. The summed E-state index contributed by atoms with van der Waals surface area (Å²) < 4.78 is 4.65. The average Bonchev–Trinajstić information content (AvgIpc) is 2.55. The highest BCUT2D eigenvalue weighted by molar-refractivity contribution is 7.99. The van der Waals surface area contributed by atoms with Crippen LogP contribution in [-0.2, 0) is 10.5 Å². The van der Waals surface area contributed by atoms with Crippen LogP contribution in [-0.4, -0.2) is 23.3 Å². The molecule has 0 aliphatic heterocycles. The predicted molar refractivity (Wildman–Crippen MR) is 64.6 cm³/mol. The fourth-order valence-electron chi connectivity index (χ4n) is 1.04. The molecule has 0 aromatic carbocycles. The molecule has 0 saturated heterocycles. The molecule has 0 saturated carbocycles. The Morgan fingerprint density at radius 1 is 1.60 bits per heavy atom. The summed E-state index contributed by atoms with van der Waals surface area (Å²) in [6.07, 6.45) is 0. The highest BCUT2D eigenvalue weighted by atomic mass is 32.2. The van der Waals surface area contributed by atoms with Crippen molar-refractivity contribution in [2.45, 2.75) is 31.8 Å². The number of carbonyl (C=O) groups is 1. The molecular weight excluding hydrogens is 230 g/mol. The van der Waals surface area contributed by atoms with Gasteiger partial charge in [0.2, 0.25) is 0 Å². The molecule has 84 valence electrons. The number of ether oxygens (including phenoxy) is 1. The zero-order valence-corrected chi connectivity index (χ0v) is 11.0. The summed E-state index contributed by atoms with van der Waals surface area (Å²) in [7, 11) is 1.38. The van der Waals surface area contributed by atoms with Crippen molar-refractivity contribution in [2.75, 3.05) is 7.11 Å². The SMILES string of the molecule is COC(=O)c1nc(CSC(C)C)sc1C. The van der Waals surface area contributed by atoms with E-state index in [9.17, 15) is 4.79 Å². The zero-order chi connectivity index (χ0) is 11.4. The number of carbonyl (C=O) groups excluding carboxylic acids is 1. The van der Waals surface area contributed by atoms with Gasteiger partial charge in [-0.3, -0.25) is 0 Å². The third kappa shape index (κ3) is 3.50. The third-order valence-electron chi connectivity index (χ3n) is 1.76. The zero-order valence-electron chi connectivity index (χ0n) is 9.36. The molecule has 0 aliphatic carbocycles. The second kappa shape index (κ2) is 5.51. The van der Waals surface area contributed by atoms with Gasteiger partial charge in [-0.25, -0.2) is 9.78 Å². The van der Waals surface area contributed by atoms with Crippen LogP contribution in [0.3, 0.4) is 0 Å². The van der Waals surface area contributed by atoms with Gasteiger partial charge in [-0.15, -0.1) is 11.3 Å². The molecular formula is C10H15NO2S2. The Balaban J connectivity index is 2.72. The smallest absolute Gasteiger partial charge is 0.357 e. The van der Waals surface area contributed by atoms with Crippen molar-refractivity contribution in [3.8, 4) is 0 Å². The van der Waals surface area contributed by atoms with Crippen molar-refractivity contribution in [2.24, 2.45) is 0 Å². The van der Waals surface area contributed by atoms with Crippen LogP contribution in [0.15, 0.2) is 0 Å². The van der Waals surface area contributed by atoms with Gasteiger partial charge in [-0.1, -0.05) is 13.8 Å². The minimum atomic E-state index is -0.343. The van der Waals surface area contributed by atoms with E-state index in [2.05, 4.69) is 23.6 Å². The molecule has 0 unspecified atom stereocenters. The first-order valence-electron chi connectivity index (χ1n) is 4.70. The first-order valence-corrected chi connectivity index (χ1v) is 6.57. The minimum absolute atomic E-state index is 0.343. The highest BCUT2D eigenvalue weighted by Crippen LogP contribution is 2.24. The van der Waals surface area contributed by atoms with Gasteiger partial charge < -0.3 is 4.74 Å². The number of thioether (sulfide) groups is 1. The van der Waals surface area contributed by atoms with Crippen molar-refractivity contribution >= 4 is 29.1 Å². The molecule has 0 N–H and O–H groups in total. The van der Waals surface area contributed by atoms with E-state index in [0.717, 1.165) is 15.6 Å². The third-order valence-corrected chi connectivity index (χ3v) is 4.02. The van der Waals surface area contributed by atoms with E-state index in [1.165, 1.54) is 7.11 Å². The highest BCUT2D eigenvalue weighted by Gasteiger charge is 2.15. The van der Waals surface area contributed by atoms with Crippen molar-refractivity contribution in [1.29, 1.82) is 0 Å². The number of nitrogens with zero attached hydrogens (tertiary/aromatic N) is 1. The number of methoxy groups -OCH3 is 1. The van der Waals surface area contributed by atoms with Crippen LogP contribution in [0.25, 0.3) is 0 Å². The number of rotatable bonds is 4. The van der Waals surface area contributed by atoms with Crippen LogP contribution in [0.4, 0.5) is 0 Å². The van der Waals surface area contributed by atoms with E-state index < -0.39 is 0 Å². The van der Waals surface area contributed by atoms with Crippen molar-refractivity contribution in [3.63, 3.8) is 0 Å². The summed E-state index contributed by atoms with van der Waals surface area (Å²) >= 11 is 3.39. The van der Waals surface area contributed by atoms with Gasteiger partial charge >= 0.3 is 5.97 Å². The van der Waals surface area contributed by atoms with E-state index in [1.807, 2.05) is 18.7 Å². The first-order chi connectivity index (χ1) is 7.04. The van der Waals surface area contributed by atoms with Crippen LogP contribution < -0.4 is 0 Å². The molecule has 1 aromatic rings. The summed E-state index contributed by atoms with van der Waals surface area (Å²) in [5.41, 5.74) is 0.460. The van der Waals surface area contributed by atoms with E-state index in [4.69, 9.17) is 0 Å². The summed E-state index contributed by atoms with van der Waals surface area (Å²) in [4.78, 5) is 16.5. The lowest BCUT2D eigenvalue weighted by Crippen LogP contribution is -2.03. The molecule has 0 amide bonds. The maximum absolute atomic E-state index is 11.3. The Kier molecular flexibility index (Phi) is 4.60. The van der Waals surface area contributed by atoms with Gasteiger partial charge in [-0.05, 0) is 12.2 Å². The second-order valence-electron chi connectivity index (χ2n) is 3.36. The number of esters is 1.